The Labute approximate surface area is 153 Å². The summed E-state index contributed by atoms with van der Waals surface area (Å²) < 4.78 is 25.2. The first kappa shape index (κ1) is 18.5. The Morgan fingerprint density at radius 3 is 2.60 bits per heavy atom. The molecule has 25 heavy (non-hydrogen) atoms. The second kappa shape index (κ2) is 6.76. The first-order valence-electron chi connectivity index (χ1n) is 8.74. The molecule has 1 amide bonds. The molecule has 138 valence electrons. The van der Waals surface area contributed by atoms with Gasteiger partial charge in [-0.15, -0.1) is 0 Å². The van der Waals surface area contributed by atoms with Crippen LogP contribution in [0.1, 0.15) is 51.5 Å². The molecule has 2 saturated heterocycles. The smallest absolute Gasteiger partial charge is 0.410 e. The average Bonchev–Trinajstić information content (AvgIpc) is 2.89. The first-order valence-corrected chi connectivity index (χ1v) is 9.12. The zero-order valence-electron chi connectivity index (χ0n) is 15.0. The Morgan fingerprint density at radius 2 is 2.00 bits per heavy atom. The van der Waals surface area contributed by atoms with E-state index in [0.717, 1.165) is 24.8 Å². The van der Waals surface area contributed by atoms with Gasteiger partial charge in [0.25, 0.3) is 0 Å². The van der Waals surface area contributed by atoms with Gasteiger partial charge < -0.3 is 14.4 Å². The maximum absolute atomic E-state index is 13.6. The molecule has 2 fully saturated rings. The lowest BCUT2D eigenvalue weighted by Crippen LogP contribution is -2.47. The topological polar surface area (TPSA) is 38.8 Å². The number of benzene rings is 1. The van der Waals surface area contributed by atoms with E-state index in [-0.39, 0.29) is 23.4 Å². The summed E-state index contributed by atoms with van der Waals surface area (Å²) in [6.07, 6.45) is 2.10. The van der Waals surface area contributed by atoms with E-state index in [1.807, 2.05) is 26.8 Å². The molecular formula is C19H25ClFNO3. The Kier molecular flexibility index (Phi) is 5.00. The molecule has 4 nitrogen and oxygen atoms in total. The minimum atomic E-state index is -0.488. The van der Waals surface area contributed by atoms with Crippen molar-refractivity contribution in [3.8, 4) is 0 Å². The van der Waals surface area contributed by atoms with Gasteiger partial charge in [0.15, 0.2) is 0 Å². The lowest BCUT2D eigenvalue weighted by atomic mass is 9.83. The van der Waals surface area contributed by atoms with Gasteiger partial charge in [-0.1, -0.05) is 11.6 Å². The molecule has 0 aromatic heterocycles. The van der Waals surface area contributed by atoms with Crippen LogP contribution in [-0.4, -0.2) is 41.9 Å². The summed E-state index contributed by atoms with van der Waals surface area (Å²) in [5.41, 5.74) is 0.163. The predicted molar refractivity (Wildman–Crippen MR) is 94.5 cm³/mol. The highest BCUT2D eigenvalue weighted by molar-refractivity contribution is 6.30. The summed E-state index contributed by atoms with van der Waals surface area (Å²) in [5, 5.41) is 0.413. The van der Waals surface area contributed by atoms with Gasteiger partial charge >= 0.3 is 6.09 Å². The third kappa shape index (κ3) is 4.45. The van der Waals surface area contributed by atoms with E-state index in [4.69, 9.17) is 21.1 Å². The number of amides is 1. The molecule has 1 unspecified atom stereocenters. The van der Waals surface area contributed by atoms with Crippen LogP contribution >= 0.6 is 11.6 Å². The molecule has 0 aliphatic carbocycles. The van der Waals surface area contributed by atoms with Crippen LogP contribution in [0.3, 0.4) is 0 Å². The molecule has 1 spiro atoms. The normalized spacial score (nSPS) is 23.1. The molecular weight excluding hydrogens is 345 g/mol. The summed E-state index contributed by atoms with van der Waals surface area (Å²) in [6.45, 7) is 7.39. The average molecular weight is 370 g/mol. The van der Waals surface area contributed by atoms with Gasteiger partial charge in [-0.3, -0.25) is 0 Å². The quantitative estimate of drug-likeness (QED) is 0.716. The van der Waals surface area contributed by atoms with E-state index in [0.29, 0.717) is 24.7 Å². The van der Waals surface area contributed by atoms with Crippen molar-refractivity contribution in [3.63, 3.8) is 0 Å². The molecule has 2 aliphatic rings. The minimum absolute atomic E-state index is 0.140. The van der Waals surface area contributed by atoms with Crippen LogP contribution < -0.4 is 0 Å². The van der Waals surface area contributed by atoms with Gasteiger partial charge in [0, 0.05) is 24.0 Å². The van der Waals surface area contributed by atoms with Gasteiger partial charge in [-0.25, -0.2) is 9.18 Å². The second-order valence-corrected chi connectivity index (χ2v) is 8.50. The Bertz CT molecular complexity index is 630. The number of halogens is 2. The van der Waals surface area contributed by atoms with Crippen molar-refractivity contribution in [1.82, 2.24) is 4.90 Å². The van der Waals surface area contributed by atoms with Crippen molar-refractivity contribution in [2.75, 3.05) is 19.7 Å². The fourth-order valence-corrected chi connectivity index (χ4v) is 3.87. The Balaban J connectivity index is 1.60. The molecule has 0 radical (unpaired) electrons. The number of carbonyl (C=O) groups excluding carboxylic acids is 1. The van der Waals surface area contributed by atoms with Gasteiger partial charge in [0.05, 0.1) is 12.2 Å². The van der Waals surface area contributed by atoms with E-state index in [9.17, 15) is 9.18 Å². The molecule has 1 aromatic rings. The van der Waals surface area contributed by atoms with E-state index >= 15 is 0 Å². The Morgan fingerprint density at radius 1 is 1.32 bits per heavy atom. The van der Waals surface area contributed by atoms with Crippen LogP contribution in [0.5, 0.6) is 0 Å². The zero-order chi connectivity index (χ0) is 18.2. The number of rotatable bonds is 1. The largest absolute Gasteiger partial charge is 0.444 e. The van der Waals surface area contributed by atoms with Crippen LogP contribution in [0.25, 0.3) is 0 Å². The van der Waals surface area contributed by atoms with E-state index < -0.39 is 5.60 Å². The van der Waals surface area contributed by atoms with Crippen LogP contribution in [0.2, 0.25) is 5.02 Å². The van der Waals surface area contributed by atoms with E-state index in [2.05, 4.69) is 0 Å². The van der Waals surface area contributed by atoms with Gasteiger partial charge in [0.1, 0.15) is 11.4 Å². The Hall–Kier alpha value is -1.33. The third-order valence-electron chi connectivity index (χ3n) is 4.89. The number of nitrogens with zero attached hydrogens (tertiary/aromatic N) is 1. The summed E-state index contributed by atoms with van der Waals surface area (Å²) in [6, 6.07) is 4.66. The fraction of sp³-hybridized carbons (Fsp3) is 0.632. The molecule has 1 aromatic carbocycles. The highest BCUT2D eigenvalue weighted by Gasteiger charge is 2.44. The number of hydrogen-bond acceptors (Lipinski definition) is 3. The zero-order valence-corrected chi connectivity index (χ0v) is 15.7. The van der Waals surface area contributed by atoms with Crippen LogP contribution in [0.4, 0.5) is 9.18 Å². The monoisotopic (exact) mass is 369 g/mol. The summed E-state index contributed by atoms with van der Waals surface area (Å²) in [4.78, 5) is 13.9. The number of hydrogen-bond donors (Lipinski definition) is 0. The second-order valence-electron chi connectivity index (χ2n) is 8.07. The third-order valence-corrected chi connectivity index (χ3v) is 5.11. The van der Waals surface area contributed by atoms with Crippen LogP contribution in [0, 0.1) is 5.82 Å². The van der Waals surface area contributed by atoms with Crippen molar-refractivity contribution < 1.29 is 18.7 Å². The van der Waals surface area contributed by atoms with E-state index in [1.54, 1.807) is 4.90 Å². The number of carbonyl (C=O) groups is 1. The molecule has 0 N–H and O–H groups in total. The molecule has 2 heterocycles. The molecule has 6 heteroatoms. The highest BCUT2D eigenvalue weighted by atomic mass is 35.5. The number of ether oxygens (including phenoxy) is 2. The van der Waals surface area contributed by atoms with Crippen LogP contribution in [0.15, 0.2) is 18.2 Å². The fourth-order valence-electron chi connectivity index (χ4n) is 3.64. The molecule has 3 rings (SSSR count). The lowest BCUT2D eigenvalue weighted by Gasteiger charge is -2.39. The van der Waals surface area contributed by atoms with Crippen molar-refractivity contribution >= 4 is 17.7 Å². The van der Waals surface area contributed by atoms with Crippen molar-refractivity contribution in [2.24, 2.45) is 0 Å². The van der Waals surface area contributed by atoms with Crippen molar-refractivity contribution in [2.45, 2.75) is 57.2 Å². The summed E-state index contributed by atoms with van der Waals surface area (Å²) >= 11 is 5.97. The van der Waals surface area contributed by atoms with Crippen molar-refractivity contribution in [3.05, 3.63) is 34.6 Å². The molecule has 0 saturated carbocycles. The maximum atomic E-state index is 13.6. The number of piperidine rings is 1. The first-order chi connectivity index (χ1) is 11.7. The van der Waals surface area contributed by atoms with Gasteiger partial charge in [-0.05, 0) is 63.8 Å². The summed E-state index contributed by atoms with van der Waals surface area (Å²) in [5.74, 6) is -0.176. The molecule has 2 aliphatic heterocycles. The van der Waals surface area contributed by atoms with Gasteiger partial charge in [-0.2, -0.15) is 0 Å². The maximum Gasteiger partial charge on any atom is 0.410 e. The SMILES string of the molecule is CC(C)(C)OC(=O)N1CCC2(CC1)CC(c1cc(F)cc(Cl)c1)CO2. The minimum Gasteiger partial charge on any atom is -0.444 e. The molecule has 1 atom stereocenters. The number of likely N-dealkylation sites (tertiary alicyclic amines) is 1. The standard InChI is InChI=1S/C19H25ClFNO3/c1-18(2,3)25-17(23)22-6-4-19(5-7-22)11-14(12-24-19)13-8-15(20)10-16(21)9-13/h8-10,14H,4-7,11-12H2,1-3H3. The lowest BCUT2D eigenvalue weighted by molar-refractivity contribution is -0.0485. The molecule has 0 bridgehead atoms. The predicted octanol–water partition coefficient (Wildman–Crippen LogP) is 4.75. The summed E-state index contributed by atoms with van der Waals surface area (Å²) in [7, 11) is 0. The highest BCUT2D eigenvalue weighted by Crippen LogP contribution is 2.43. The van der Waals surface area contributed by atoms with Crippen molar-refractivity contribution in [1.29, 1.82) is 0 Å². The van der Waals surface area contributed by atoms with Gasteiger partial charge in [0.2, 0.25) is 0 Å². The van der Waals surface area contributed by atoms with E-state index in [1.165, 1.54) is 12.1 Å². The van der Waals surface area contributed by atoms with Crippen LogP contribution in [-0.2, 0) is 9.47 Å².